The number of aromatic nitrogens is 4. The van der Waals surface area contributed by atoms with Crippen LogP contribution >= 0.6 is 0 Å². The second-order valence-electron chi connectivity index (χ2n) is 9.50. The zero-order chi connectivity index (χ0) is 30.2. The molecule has 1 aliphatic carbocycles. The molecule has 4 rings (SSSR count). The van der Waals surface area contributed by atoms with Gasteiger partial charge in [0.2, 0.25) is 5.95 Å². The fraction of sp³-hybridized carbons (Fsp3) is 0.615. The molecule has 1 saturated heterocycles. The van der Waals surface area contributed by atoms with Crippen molar-refractivity contribution >= 4 is 11.6 Å². The first kappa shape index (κ1) is 32.2. The summed E-state index contributed by atoms with van der Waals surface area (Å²) >= 11 is 0. The number of hydrogen-bond acceptors (Lipinski definition) is 8. The number of H-pyrrole nitrogens is 1. The van der Waals surface area contributed by atoms with Gasteiger partial charge < -0.3 is 19.9 Å². The second-order valence-corrected chi connectivity index (χ2v) is 9.50. The highest BCUT2D eigenvalue weighted by atomic mass is 19.4. The van der Waals surface area contributed by atoms with E-state index in [-0.39, 0.29) is 12.6 Å². The Morgan fingerprint density at radius 2 is 1.66 bits per heavy atom. The maximum atomic E-state index is 13.2. The van der Waals surface area contributed by atoms with Gasteiger partial charge in [0, 0.05) is 56.7 Å². The molecule has 1 saturated carbocycles. The lowest BCUT2D eigenvalue weighted by Crippen LogP contribution is -2.47. The monoisotopic (exact) mass is 591 g/mol. The molecule has 15 heteroatoms. The van der Waals surface area contributed by atoms with Gasteiger partial charge in [-0.1, -0.05) is 19.4 Å². The van der Waals surface area contributed by atoms with Crippen LogP contribution in [-0.2, 0) is 17.1 Å². The van der Waals surface area contributed by atoms with Crippen molar-refractivity contribution in [2.75, 3.05) is 49.6 Å². The van der Waals surface area contributed by atoms with E-state index >= 15 is 0 Å². The van der Waals surface area contributed by atoms with E-state index in [1.165, 1.54) is 11.3 Å². The number of ether oxygens (including phenoxy) is 1. The summed E-state index contributed by atoms with van der Waals surface area (Å²) in [7, 11) is 0. The van der Waals surface area contributed by atoms with Crippen LogP contribution in [0.5, 0.6) is 0 Å². The van der Waals surface area contributed by atoms with Gasteiger partial charge in [-0.2, -0.15) is 31.4 Å². The summed E-state index contributed by atoms with van der Waals surface area (Å²) in [5, 5.41) is 7.90. The molecule has 228 valence electrons. The Morgan fingerprint density at radius 1 is 1.02 bits per heavy atom. The predicted octanol–water partition coefficient (Wildman–Crippen LogP) is 5.09. The van der Waals surface area contributed by atoms with Gasteiger partial charge in [0.25, 0.3) is 5.56 Å². The Morgan fingerprint density at radius 3 is 2.20 bits per heavy atom. The lowest BCUT2D eigenvalue weighted by molar-refractivity contribution is -0.139. The molecule has 41 heavy (non-hydrogen) atoms. The number of halogens is 6. The molecule has 0 spiro atoms. The van der Waals surface area contributed by atoms with Crippen LogP contribution in [0.2, 0.25) is 0 Å². The highest BCUT2D eigenvalue weighted by molar-refractivity contribution is 5.50. The molecule has 9 nitrogen and oxygen atoms in total. The first-order chi connectivity index (χ1) is 19.4. The molecule has 2 N–H and O–H groups in total. The summed E-state index contributed by atoms with van der Waals surface area (Å²) in [5.41, 5.74) is -1.43. The highest BCUT2D eigenvalue weighted by Crippen LogP contribution is 2.34. The van der Waals surface area contributed by atoms with Gasteiger partial charge >= 0.3 is 12.4 Å². The van der Waals surface area contributed by atoms with E-state index in [1.54, 1.807) is 12.0 Å². The molecule has 0 unspecified atom stereocenters. The number of rotatable bonds is 9. The molecule has 2 aliphatic rings. The van der Waals surface area contributed by atoms with Crippen LogP contribution in [0.3, 0.4) is 0 Å². The molecule has 3 heterocycles. The number of aromatic amines is 1. The zero-order valence-electron chi connectivity index (χ0n) is 23.2. The Kier molecular flexibility index (Phi) is 11.0. The van der Waals surface area contributed by atoms with E-state index in [4.69, 9.17) is 4.74 Å². The van der Waals surface area contributed by atoms with E-state index in [1.807, 2.05) is 18.7 Å². The minimum absolute atomic E-state index is 0.117. The fourth-order valence-corrected chi connectivity index (χ4v) is 4.53. The largest absolute Gasteiger partial charge is 0.423 e. The number of alkyl halides is 6. The van der Waals surface area contributed by atoms with Crippen molar-refractivity contribution in [1.82, 2.24) is 25.1 Å². The zero-order valence-corrected chi connectivity index (χ0v) is 23.2. The second kappa shape index (κ2) is 14.0. The first-order valence-electron chi connectivity index (χ1n) is 13.5. The third kappa shape index (κ3) is 8.57. The van der Waals surface area contributed by atoms with E-state index < -0.39 is 40.8 Å². The number of hydrogen-bond donors (Lipinski definition) is 2. The Bertz CT molecular complexity index is 1200. The van der Waals surface area contributed by atoms with Crippen LogP contribution in [-0.4, -0.2) is 70.5 Å². The predicted molar refractivity (Wildman–Crippen MR) is 141 cm³/mol. The summed E-state index contributed by atoms with van der Waals surface area (Å²) in [6, 6.07) is -0.512. The van der Waals surface area contributed by atoms with Crippen molar-refractivity contribution in [3.8, 4) is 0 Å². The molecule has 0 bridgehead atoms. The Balaban J connectivity index is 0.00000226. The average Bonchev–Trinajstić information content (AvgIpc) is 2.89. The van der Waals surface area contributed by atoms with Crippen LogP contribution in [0.4, 0.5) is 38.0 Å². The van der Waals surface area contributed by atoms with E-state index in [2.05, 4.69) is 25.3 Å². The number of allylic oxidation sites excluding steroid dienone is 1. The van der Waals surface area contributed by atoms with Crippen molar-refractivity contribution in [1.29, 1.82) is 0 Å². The molecular formula is C26H35F6N7O2. The lowest BCUT2D eigenvalue weighted by atomic mass is 9.89. The SMILES string of the molecule is CC.C[C@@H](COCCC(=C1CCC1)N1CCN(c2ncc(C(F)(F)F)cn2)CC1)Nc1cn[nH]c(=O)c1C(F)(F)F. The Hall–Kier alpha value is -3.36. The van der Waals surface area contributed by atoms with Crippen molar-refractivity contribution in [2.45, 2.75) is 64.8 Å². The topological polar surface area (TPSA) is 99.3 Å². The third-order valence-electron chi connectivity index (χ3n) is 6.67. The number of piperazine rings is 1. The maximum absolute atomic E-state index is 13.2. The van der Waals surface area contributed by atoms with Crippen LogP contribution in [0.1, 0.15) is 57.6 Å². The van der Waals surface area contributed by atoms with Gasteiger partial charge in [0.1, 0.15) is 5.56 Å². The van der Waals surface area contributed by atoms with E-state index in [0.717, 1.165) is 37.9 Å². The molecule has 1 aliphatic heterocycles. The quantitative estimate of drug-likeness (QED) is 0.308. The number of nitrogens with zero attached hydrogens (tertiary/aromatic N) is 5. The summed E-state index contributed by atoms with van der Waals surface area (Å²) < 4.78 is 83.9. The minimum atomic E-state index is -4.83. The molecule has 2 aromatic heterocycles. The van der Waals surface area contributed by atoms with Gasteiger partial charge in [0.15, 0.2) is 0 Å². The van der Waals surface area contributed by atoms with Gasteiger partial charge in [-0.3, -0.25) is 4.79 Å². The summed E-state index contributed by atoms with van der Waals surface area (Å²) in [4.78, 5) is 23.5. The third-order valence-corrected chi connectivity index (χ3v) is 6.67. The summed E-state index contributed by atoms with van der Waals surface area (Å²) in [5.74, 6) is 0.259. The van der Waals surface area contributed by atoms with E-state index in [0.29, 0.717) is 39.2 Å². The number of anilines is 2. The van der Waals surface area contributed by atoms with Gasteiger partial charge in [-0.05, 0) is 26.2 Å². The van der Waals surface area contributed by atoms with Crippen molar-refractivity contribution in [2.24, 2.45) is 0 Å². The van der Waals surface area contributed by atoms with Crippen LogP contribution in [0.25, 0.3) is 0 Å². The molecule has 0 radical (unpaired) electrons. The first-order valence-corrected chi connectivity index (χ1v) is 13.5. The van der Waals surface area contributed by atoms with Crippen molar-refractivity contribution in [3.63, 3.8) is 0 Å². The van der Waals surface area contributed by atoms with Crippen molar-refractivity contribution < 1.29 is 31.1 Å². The molecule has 0 amide bonds. The van der Waals surface area contributed by atoms with Crippen LogP contribution in [0, 0.1) is 0 Å². The molecule has 1 atom stereocenters. The maximum Gasteiger partial charge on any atom is 0.423 e. The minimum Gasteiger partial charge on any atom is -0.379 e. The van der Waals surface area contributed by atoms with Gasteiger partial charge in [-0.15, -0.1) is 0 Å². The number of nitrogens with one attached hydrogen (secondary N) is 2. The van der Waals surface area contributed by atoms with Gasteiger partial charge in [-0.25, -0.2) is 15.1 Å². The smallest absolute Gasteiger partial charge is 0.379 e. The Labute approximate surface area is 234 Å². The van der Waals surface area contributed by atoms with Gasteiger partial charge in [0.05, 0.1) is 30.7 Å². The standard InChI is InChI=1S/C24H29F6N7O2.C2H6/c1-15(34-18-13-33-35-21(38)20(18)24(28,29)30)14-39-10-5-19(16-3-2-4-16)36-6-8-37(9-7-36)22-31-11-17(12-32-22)23(25,26)27;1-2/h11-13,15H,2-10,14H2,1H3,(H2,34,35,38);1-2H3/t15-;/m0./s1. The van der Waals surface area contributed by atoms with Crippen molar-refractivity contribution in [3.05, 3.63) is 51.3 Å². The summed E-state index contributed by atoms with van der Waals surface area (Å²) in [6.07, 6.45) is -3.09. The van der Waals surface area contributed by atoms with Crippen LogP contribution in [0.15, 0.2) is 34.7 Å². The summed E-state index contributed by atoms with van der Waals surface area (Å²) in [6.45, 7) is 8.52. The highest BCUT2D eigenvalue weighted by Gasteiger charge is 2.37. The molecular weight excluding hydrogens is 556 g/mol. The molecule has 0 aromatic carbocycles. The lowest BCUT2D eigenvalue weighted by Gasteiger charge is -2.39. The molecule has 2 aromatic rings. The van der Waals surface area contributed by atoms with E-state index in [9.17, 15) is 31.1 Å². The molecule has 2 fully saturated rings. The fourth-order valence-electron chi connectivity index (χ4n) is 4.53. The normalized spacial score (nSPS) is 16.5. The average molecular weight is 592 g/mol. The van der Waals surface area contributed by atoms with Crippen LogP contribution < -0.4 is 15.8 Å².